The molecule has 104 valence electrons. The van der Waals surface area contributed by atoms with Gasteiger partial charge < -0.3 is 9.64 Å². The Morgan fingerprint density at radius 2 is 2.11 bits per heavy atom. The SMILES string of the molecule is CC(C)(C)OC(=O)N1CC=CCC1N1C=CN=CC1. The number of hydrogen-bond acceptors (Lipinski definition) is 4. The number of ether oxygens (including phenoxy) is 1. The van der Waals surface area contributed by atoms with E-state index in [4.69, 9.17) is 4.74 Å². The summed E-state index contributed by atoms with van der Waals surface area (Å²) in [7, 11) is 0. The minimum absolute atomic E-state index is 0.00264. The first-order valence-corrected chi connectivity index (χ1v) is 6.56. The van der Waals surface area contributed by atoms with Gasteiger partial charge in [0, 0.05) is 31.6 Å². The quantitative estimate of drug-likeness (QED) is 0.682. The molecule has 1 amide bonds. The zero-order valence-corrected chi connectivity index (χ0v) is 11.7. The lowest BCUT2D eigenvalue weighted by atomic mass is 10.1. The molecule has 0 aromatic heterocycles. The maximum absolute atomic E-state index is 12.3. The number of amides is 1. The van der Waals surface area contributed by atoms with Gasteiger partial charge in [0.25, 0.3) is 0 Å². The summed E-state index contributed by atoms with van der Waals surface area (Å²) in [5.41, 5.74) is -0.470. The van der Waals surface area contributed by atoms with Gasteiger partial charge in [-0.25, -0.2) is 4.79 Å². The monoisotopic (exact) mass is 263 g/mol. The van der Waals surface area contributed by atoms with E-state index in [1.165, 1.54) is 0 Å². The van der Waals surface area contributed by atoms with E-state index in [0.717, 1.165) is 6.42 Å². The van der Waals surface area contributed by atoms with Gasteiger partial charge >= 0.3 is 6.09 Å². The Morgan fingerprint density at radius 1 is 1.32 bits per heavy atom. The Labute approximate surface area is 114 Å². The van der Waals surface area contributed by atoms with Crippen molar-refractivity contribution in [1.29, 1.82) is 0 Å². The molecule has 2 rings (SSSR count). The van der Waals surface area contributed by atoms with E-state index in [9.17, 15) is 4.79 Å². The zero-order valence-electron chi connectivity index (χ0n) is 11.7. The predicted molar refractivity (Wildman–Crippen MR) is 74.8 cm³/mol. The topological polar surface area (TPSA) is 45.1 Å². The number of rotatable bonds is 1. The number of carbonyl (C=O) groups excluding carboxylic acids is 1. The van der Waals surface area contributed by atoms with E-state index in [0.29, 0.717) is 13.1 Å². The molecule has 0 radical (unpaired) electrons. The number of hydrogen-bond donors (Lipinski definition) is 0. The van der Waals surface area contributed by atoms with Gasteiger partial charge in [0.1, 0.15) is 11.8 Å². The van der Waals surface area contributed by atoms with Crippen LogP contribution in [0.1, 0.15) is 27.2 Å². The van der Waals surface area contributed by atoms with Crippen LogP contribution >= 0.6 is 0 Å². The Morgan fingerprint density at radius 3 is 2.74 bits per heavy atom. The fourth-order valence-electron chi connectivity index (χ4n) is 2.09. The van der Waals surface area contributed by atoms with Crippen LogP contribution in [-0.4, -0.2) is 47.0 Å². The van der Waals surface area contributed by atoms with E-state index >= 15 is 0 Å². The van der Waals surface area contributed by atoms with Gasteiger partial charge in [-0.05, 0) is 20.8 Å². The molecule has 1 unspecified atom stereocenters. The summed E-state index contributed by atoms with van der Waals surface area (Å²) in [6.07, 6.45) is 10.1. The predicted octanol–water partition coefficient (Wildman–Crippen LogP) is 2.37. The highest BCUT2D eigenvalue weighted by atomic mass is 16.6. The van der Waals surface area contributed by atoms with Gasteiger partial charge in [-0.15, -0.1) is 0 Å². The van der Waals surface area contributed by atoms with E-state index in [1.807, 2.05) is 39.3 Å². The fraction of sp³-hybridized carbons (Fsp3) is 0.571. The van der Waals surface area contributed by atoms with Crippen molar-refractivity contribution in [2.24, 2.45) is 4.99 Å². The van der Waals surface area contributed by atoms with Crippen molar-refractivity contribution in [3.8, 4) is 0 Å². The summed E-state index contributed by atoms with van der Waals surface area (Å²) in [4.78, 5) is 20.2. The van der Waals surface area contributed by atoms with Crippen LogP contribution in [-0.2, 0) is 4.74 Å². The van der Waals surface area contributed by atoms with Crippen molar-refractivity contribution < 1.29 is 9.53 Å². The highest BCUT2D eigenvalue weighted by molar-refractivity contribution is 5.69. The minimum atomic E-state index is -0.470. The lowest BCUT2D eigenvalue weighted by Gasteiger charge is -2.40. The van der Waals surface area contributed by atoms with Crippen molar-refractivity contribution in [3.63, 3.8) is 0 Å². The third kappa shape index (κ3) is 3.59. The van der Waals surface area contributed by atoms with Crippen molar-refractivity contribution in [1.82, 2.24) is 9.80 Å². The van der Waals surface area contributed by atoms with E-state index < -0.39 is 5.60 Å². The van der Waals surface area contributed by atoms with Crippen LogP contribution in [0.25, 0.3) is 0 Å². The molecule has 0 N–H and O–H groups in total. The molecule has 0 saturated carbocycles. The number of aliphatic imine (C=N–C) groups is 1. The molecule has 19 heavy (non-hydrogen) atoms. The summed E-state index contributed by atoms with van der Waals surface area (Å²) < 4.78 is 5.47. The van der Waals surface area contributed by atoms with Crippen LogP contribution in [0.4, 0.5) is 4.79 Å². The molecular formula is C14H21N3O2. The van der Waals surface area contributed by atoms with Crippen LogP contribution in [0.2, 0.25) is 0 Å². The summed E-state index contributed by atoms with van der Waals surface area (Å²) in [6, 6.07) is 0. The van der Waals surface area contributed by atoms with Crippen LogP contribution in [0.15, 0.2) is 29.5 Å². The van der Waals surface area contributed by atoms with Crippen molar-refractivity contribution in [2.45, 2.75) is 39.0 Å². The minimum Gasteiger partial charge on any atom is -0.444 e. The number of carbonyl (C=O) groups is 1. The molecule has 5 heteroatoms. The second kappa shape index (κ2) is 5.47. The molecule has 5 nitrogen and oxygen atoms in total. The third-order valence-electron chi connectivity index (χ3n) is 2.93. The Kier molecular flexibility index (Phi) is 3.93. The molecule has 0 aromatic carbocycles. The van der Waals surface area contributed by atoms with Crippen LogP contribution in [0.3, 0.4) is 0 Å². The van der Waals surface area contributed by atoms with Crippen LogP contribution in [0.5, 0.6) is 0 Å². The first-order chi connectivity index (χ1) is 8.97. The van der Waals surface area contributed by atoms with Crippen molar-refractivity contribution in [3.05, 3.63) is 24.6 Å². The highest BCUT2D eigenvalue weighted by Crippen LogP contribution is 2.20. The smallest absolute Gasteiger partial charge is 0.412 e. The van der Waals surface area contributed by atoms with E-state index in [-0.39, 0.29) is 12.3 Å². The summed E-state index contributed by atoms with van der Waals surface area (Å²) >= 11 is 0. The summed E-state index contributed by atoms with van der Waals surface area (Å²) in [5.74, 6) is 0. The highest BCUT2D eigenvalue weighted by Gasteiger charge is 2.31. The largest absolute Gasteiger partial charge is 0.444 e. The van der Waals surface area contributed by atoms with Gasteiger partial charge in [-0.1, -0.05) is 12.2 Å². The molecule has 1 atom stereocenters. The molecule has 0 spiro atoms. The molecule has 0 aliphatic carbocycles. The molecule has 0 fully saturated rings. The first-order valence-electron chi connectivity index (χ1n) is 6.56. The lowest BCUT2D eigenvalue weighted by molar-refractivity contribution is 0.00107. The van der Waals surface area contributed by atoms with Crippen LogP contribution in [0, 0.1) is 0 Å². The summed E-state index contributed by atoms with van der Waals surface area (Å²) in [5, 5.41) is 0. The van der Waals surface area contributed by atoms with E-state index in [2.05, 4.69) is 16.0 Å². The Balaban J connectivity index is 2.08. The normalized spacial score (nSPS) is 22.8. The molecule has 2 aliphatic rings. The van der Waals surface area contributed by atoms with Gasteiger partial charge in [0.2, 0.25) is 0 Å². The molecule has 0 bridgehead atoms. The summed E-state index contributed by atoms with van der Waals surface area (Å²) in [6.45, 7) is 6.95. The Bertz CT molecular complexity index is 421. The van der Waals surface area contributed by atoms with Crippen LogP contribution < -0.4 is 0 Å². The van der Waals surface area contributed by atoms with Gasteiger partial charge in [0.05, 0.1) is 6.54 Å². The molecular weight excluding hydrogens is 242 g/mol. The third-order valence-corrected chi connectivity index (χ3v) is 2.93. The first kappa shape index (κ1) is 13.6. The van der Waals surface area contributed by atoms with Gasteiger partial charge in [-0.3, -0.25) is 9.89 Å². The Hall–Kier alpha value is -1.78. The average Bonchev–Trinajstić information content (AvgIpc) is 2.38. The number of nitrogens with zero attached hydrogens (tertiary/aromatic N) is 3. The van der Waals surface area contributed by atoms with E-state index in [1.54, 1.807) is 11.1 Å². The molecule has 0 saturated heterocycles. The lowest BCUT2D eigenvalue weighted by Crippen LogP contribution is -2.52. The molecule has 2 aliphatic heterocycles. The van der Waals surface area contributed by atoms with Gasteiger partial charge in [-0.2, -0.15) is 0 Å². The van der Waals surface area contributed by atoms with Gasteiger partial charge in [0.15, 0.2) is 0 Å². The zero-order chi connectivity index (χ0) is 13.9. The molecule has 2 heterocycles. The second-order valence-corrected chi connectivity index (χ2v) is 5.65. The maximum Gasteiger partial charge on any atom is 0.412 e. The second-order valence-electron chi connectivity index (χ2n) is 5.65. The fourth-order valence-corrected chi connectivity index (χ4v) is 2.09. The van der Waals surface area contributed by atoms with Crippen molar-refractivity contribution in [2.75, 3.05) is 13.1 Å². The van der Waals surface area contributed by atoms with Crippen molar-refractivity contribution >= 4 is 12.3 Å². The average molecular weight is 263 g/mol. The molecule has 0 aromatic rings. The maximum atomic E-state index is 12.3. The standard InChI is InChI=1S/C14H21N3O2/c1-14(2,3)19-13(18)17-9-5-4-6-12(17)16-10-7-15-8-11-16/h4-5,7-8,10,12H,6,9,11H2,1-3H3.